The number of nitrogens with zero attached hydrogens (tertiary/aromatic N) is 2. The Kier molecular flexibility index (Phi) is 4.64. The van der Waals surface area contributed by atoms with Gasteiger partial charge in [0, 0.05) is 6.54 Å². The fourth-order valence-electron chi connectivity index (χ4n) is 2.90. The average Bonchev–Trinajstić information content (AvgIpc) is 3.29. The first-order chi connectivity index (χ1) is 10.1. The van der Waals surface area contributed by atoms with Gasteiger partial charge in [0.25, 0.3) is 5.56 Å². The third-order valence-electron chi connectivity index (χ3n) is 4.43. The molecule has 0 aliphatic heterocycles. The second-order valence-corrected chi connectivity index (χ2v) is 7.05. The van der Waals surface area contributed by atoms with Crippen molar-refractivity contribution in [3.8, 4) is 0 Å². The molecule has 2 unspecified atom stereocenters. The SMILES string of the molecule is O=c1c(Br)c(NC2CCCCCC2O)cnn1CC1CC1. The van der Waals surface area contributed by atoms with E-state index in [1.54, 1.807) is 6.20 Å². The van der Waals surface area contributed by atoms with Crippen LogP contribution in [0.3, 0.4) is 0 Å². The minimum Gasteiger partial charge on any atom is -0.391 e. The Hall–Kier alpha value is -0.880. The smallest absolute Gasteiger partial charge is 0.283 e. The van der Waals surface area contributed by atoms with Crippen LogP contribution in [0.1, 0.15) is 44.9 Å². The third kappa shape index (κ3) is 3.66. The highest BCUT2D eigenvalue weighted by Crippen LogP contribution is 2.30. The number of aromatic nitrogens is 2. The number of aliphatic hydroxyl groups excluding tert-OH is 1. The van der Waals surface area contributed by atoms with E-state index >= 15 is 0 Å². The molecule has 0 saturated heterocycles. The van der Waals surface area contributed by atoms with Crippen LogP contribution in [0.15, 0.2) is 15.5 Å². The van der Waals surface area contributed by atoms with Gasteiger partial charge in [-0.3, -0.25) is 4.79 Å². The van der Waals surface area contributed by atoms with Gasteiger partial charge in [0.15, 0.2) is 0 Å². The zero-order valence-electron chi connectivity index (χ0n) is 12.1. The Morgan fingerprint density at radius 2 is 2.05 bits per heavy atom. The molecular weight excluding hydrogens is 334 g/mol. The van der Waals surface area contributed by atoms with Crippen molar-refractivity contribution in [2.75, 3.05) is 5.32 Å². The molecule has 6 heteroatoms. The van der Waals surface area contributed by atoms with Crippen LogP contribution >= 0.6 is 15.9 Å². The highest BCUT2D eigenvalue weighted by Gasteiger charge is 2.25. The summed E-state index contributed by atoms with van der Waals surface area (Å²) in [7, 11) is 0. The molecule has 0 radical (unpaired) electrons. The van der Waals surface area contributed by atoms with E-state index in [0.29, 0.717) is 22.6 Å². The van der Waals surface area contributed by atoms with E-state index in [1.165, 1.54) is 17.5 Å². The minimum absolute atomic E-state index is 0.00396. The van der Waals surface area contributed by atoms with Gasteiger partial charge in [-0.1, -0.05) is 19.3 Å². The van der Waals surface area contributed by atoms with E-state index in [4.69, 9.17) is 0 Å². The largest absolute Gasteiger partial charge is 0.391 e. The molecule has 116 valence electrons. The van der Waals surface area contributed by atoms with Crippen molar-refractivity contribution in [2.45, 2.75) is 63.6 Å². The van der Waals surface area contributed by atoms with Gasteiger partial charge >= 0.3 is 0 Å². The standard InChI is InChI=1S/C15H22BrN3O2/c16-14-12(18-11-4-2-1-3-5-13(11)20)8-17-19(15(14)21)9-10-6-7-10/h8,10-11,13,18,20H,1-7,9H2. The first-order valence-electron chi connectivity index (χ1n) is 7.85. The van der Waals surface area contributed by atoms with Crippen molar-refractivity contribution in [2.24, 2.45) is 5.92 Å². The fraction of sp³-hybridized carbons (Fsp3) is 0.733. The molecule has 2 aliphatic rings. The van der Waals surface area contributed by atoms with Crippen molar-refractivity contribution in [1.29, 1.82) is 0 Å². The van der Waals surface area contributed by atoms with E-state index in [2.05, 4.69) is 26.3 Å². The van der Waals surface area contributed by atoms with Gasteiger partial charge in [0.2, 0.25) is 0 Å². The van der Waals surface area contributed by atoms with Crippen molar-refractivity contribution in [3.63, 3.8) is 0 Å². The maximum atomic E-state index is 12.3. The summed E-state index contributed by atoms with van der Waals surface area (Å²) >= 11 is 3.39. The van der Waals surface area contributed by atoms with Gasteiger partial charge in [-0.15, -0.1) is 0 Å². The van der Waals surface area contributed by atoms with Crippen LogP contribution in [-0.4, -0.2) is 27.0 Å². The molecule has 1 aromatic rings. The number of hydrogen-bond acceptors (Lipinski definition) is 4. The number of anilines is 1. The van der Waals surface area contributed by atoms with Crippen molar-refractivity contribution in [1.82, 2.24) is 9.78 Å². The molecule has 1 aromatic heterocycles. The lowest BCUT2D eigenvalue weighted by molar-refractivity contribution is 0.144. The Bertz CT molecular complexity index is 556. The van der Waals surface area contributed by atoms with Crippen LogP contribution in [0.2, 0.25) is 0 Å². The van der Waals surface area contributed by atoms with Crippen molar-refractivity contribution < 1.29 is 5.11 Å². The Morgan fingerprint density at radius 1 is 1.29 bits per heavy atom. The summed E-state index contributed by atoms with van der Waals surface area (Å²) in [6.07, 6.45) is 8.83. The molecule has 21 heavy (non-hydrogen) atoms. The molecule has 3 rings (SSSR count). The van der Waals surface area contributed by atoms with Gasteiger partial charge in [0.1, 0.15) is 4.47 Å². The van der Waals surface area contributed by atoms with Crippen LogP contribution in [-0.2, 0) is 6.54 Å². The zero-order chi connectivity index (χ0) is 14.8. The third-order valence-corrected chi connectivity index (χ3v) is 5.20. The molecule has 2 N–H and O–H groups in total. The van der Waals surface area contributed by atoms with Crippen LogP contribution in [0, 0.1) is 5.92 Å². The first-order valence-corrected chi connectivity index (χ1v) is 8.64. The van der Waals surface area contributed by atoms with Gasteiger partial charge in [-0.25, -0.2) is 4.68 Å². The maximum absolute atomic E-state index is 12.3. The molecule has 2 saturated carbocycles. The summed E-state index contributed by atoms with van der Waals surface area (Å²) in [4.78, 5) is 12.3. The summed E-state index contributed by atoms with van der Waals surface area (Å²) in [5.41, 5.74) is 0.605. The molecule has 2 atom stereocenters. The molecule has 5 nitrogen and oxygen atoms in total. The van der Waals surface area contributed by atoms with Crippen molar-refractivity contribution >= 4 is 21.6 Å². The fourth-order valence-corrected chi connectivity index (χ4v) is 3.32. The van der Waals surface area contributed by atoms with E-state index in [1.807, 2.05) is 0 Å². The average molecular weight is 356 g/mol. The number of aliphatic hydroxyl groups is 1. The van der Waals surface area contributed by atoms with Crippen LogP contribution in [0.5, 0.6) is 0 Å². The first kappa shape index (κ1) is 15.0. The summed E-state index contributed by atoms with van der Waals surface area (Å²) < 4.78 is 2.06. The number of hydrogen-bond donors (Lipinski definition) is 2. The molecule has 0 aromatic carbocycles. The quantitative estimate of drug-likeness (QED) is 0.814. The van der Waals surface area contributed by atoms with E-state index in [0.717, 1.165) is 32.1 Å². The molecule has 0 bridgehead atoms. The predicted molar refractivity (Wildman–Crippen MR) is 85.4 cm³/mol. The number of rotatable bonds is 4. The maximum Gasteiger partial charge on any atom is 0.283 e. The zero-order valence-corrected chi connectivity index (χ0v) is 13.7. The molecule has 0 amide bonds. The highest BCUT2D eigenvalue weighted by atomic mass is 79.9. The number of halogens is 1. The summed E-state index contributed by atoms with van der Waals surface area (Å²) in [6, 6.07) is 0.00396. The van der Waals surface area contributed by atoms with Gasteiger partial charge in [-0.05, 0) is 47.5 Å². The minimum atomic E-state index is -0.353. The van der Waals surface area contributed by atoms with Gasteiger partial charge in [0.05, 0.1) is 24.0 Å². The molecular formula is C15H22BrN3O2. The second kappa shape index (κ2) is 6.48. The number of nitrogens with one attached hydrogen (secondary N) is 1. The topological polar surface area (TPSA) is 67.2 Å². The molecule has 2 fully saturated rings. The molecule has 0 spiro atoms. The van der Waals surface area contributed by atoms with Crippen molar-refractivity contribution in [3.05, 3.63) is 21.0 Å². The van der Waals surface area contributed by atoms with E-state index in [-0.39, 0.29) is 17.7 Å². The van der Waals surface area contributed by atoms with E-state index in [9.17, 15) is 9.90 Å². The van der Waals surface area contributed by atoms with Gasteiger partial charge < -0.3 is 10.4 Å². The summed E-state index contributed by atoms with van der Waals surface area (Å²) in [6.45, 7) is 0.712. The lowest BCUT2D eigenvalue weighted by atomic mass is 10.1. The molecule has 1 heterocycles. The Labute approximate surface area is 132 Å². The Balaban J connectivity index is 1.75. The predicted octanol–water partition coefficient (Wildman–Crippen LogP) is 2.52. The van der Waals surface area contributed by atoms with Crippen LogP contribution in [0.25, 0.3) is 0 Å². The second-order valence-electron chi connectivity index (χ2n) is 6.26. The monoisotopic (exact) mass is 355 g/mol. The lowest BCUT2D eigenvalue weighted by Crippen LogP contribution is -2.34. The normalized spacial score (nSPS) is 26.4. The van der Waals surface area contributed by atoms with Crippen LogP contribution < -0.4 is 10.9 Å². The summed E-state index contributed by atoms with van der Waals surface area (Å²) in [5, 5.41) is 17.7. The summed E-state index contributed by atoms with van der Waals surface area (Å²) in [5.74, 6) is 0.615. The highest BCUT2D eigenvalue weighted by molar-refractivity contribution is 9.10. The van der Waals surface area contributed by atoms with Crippen LogP contribution in [0.4, 0.5) is 5.69 Å². The van der Waals surface area contributed by atoms with E-state index < -0.39 is 0 Å². The molecule has 2 aliphatic carbocycles. The Morgan fingerprint density at radius 3 is 2.81 bits per heavy atom. The van der Waals surface area contributed by atoms with Gasteiger partial charge in [-0.2, -0.15) is 5.10 Å². The lowest BCUT2D eigenvalue weighted by Gasteiger charge is -2.23.